The number of rotatable bonds is 4. The molecule has 6 heteroatoms. The zero-order valence-electron chi connectivity index (χ0n) is 11.1. The van der Waals surface area contributed by atoms with Crippen molar-refractivity contribution < 1.29 is 14.1 Å². The lowest BCUT2D eigenvalue weighted by molar-refractivity contribution is -0.117. The van der Waals surface area contributed by atoms with E-state index < -0.39 is 11.7 Å². The van der Waals surface area contributed by atoms with Gasteiger partial charge in [0.15, 0.2) is 0 Å². The smallest absolute Gasteiger partial charge is 0.294 e. The summed E-state index contributed by atoms with van der Waals surface area (Å²) in [7, 11) is 1.72. The number of aryl methyl sites for hydroxylation is 3. The number of ketones is 1. The molecule has 0 spiro atoms. The fourth-order valence-electron chi connectivity index (χ4n) is 1.82. The first-order valence-corrected chi connectivity index (χ1v) is 5.86. The highest BCUT2D eigenvalue weighted by molar-refractivity contribution is 6.42. The number of hydrogen-bond donors (Lipinski definition) is 1. The second kappa shape index (κ2) is 5.09. The zero-order chi connectivity index (χ0) is 14.0. The SMILES string of the molecule is Cc1noc(C)c1CNC(=O)C(=O)c1cccn1C. The largest absolute Gasteiger partial charge is 0.361 e. The van der Waals surface area contributed by atoms with Gasteiger partial charge in [0.05, 0.1) is 11.4 Å². The quantitative estimate of drug-likeness (QED) is 0.661. The summed E-state index contributed by atoms with van der Waals surface area (Å²) in [5.74, 6) is -0.551. The van der Waals surface area contributed by atoms with Crippen LogP contribution in [0.1, 0.15) is 27.5 Å². The van der Waals surface area contributed by atoms with Crippen molar-refractivity contribution >= 4 is 11.7 Å². The summed E-state index contributed by atoms with van der Waals surface area (Å²) in [6.45, 7) is 3.79. The van der Waals surface area contributed by atoms with Gasteiger partial charge in [-0.15, -0.1) is 0 Å². The zero-order valence-corrected chi connectivity index (χ0v) is 11.1. The van der Waals surface area contributed by atoms with Gasteiger partial charge in [-0.1, -0.05) is 5.16 Å². The molecule has 1 N–H and O–H groups in total. The van der Waals surface area contributed by atoms with Crippen molar-refractivity contribution in [1.29, 1.82) is 0 Å². The molecule has 0 unspecified atom stereocenters. The summed E-state index contributed by atoms with van der Waals surface area (Å²) in [4.78, 5) is 23.7. The van der Waals surface area contributed by atoms with Crippen LogP contribution in [-0.4, -0.2) is 21.4 Å². The third-order valence-corrected chi connectivity index (χ3v) is 2.99. The standard InChI is InChI=1S/C13H15N3O3/c1-8-10(9(2)19-15-8)7-14-13(18)12(17)11-5-4-6-16(11)3/h4-6H,7H2,1-3H3,(H,14,18). The molecule has 0 saturated carbocycles. The van der Waals surface area contributed by atoms with Gasteiger partial charge in [-0.2, -0.15) is 0 Å². The Morgan fingerprint density at radius 2 is 2.16 bits per heavy atom. The number of carbonyl (C=O) groups excluding carboxylic acids is 2. The van der Waals surface area contributed by atoms with Gasteiger partial charge in [0.25, 0.3) is 11.7 Å². The first kappa shape index (κ1) is 13.1. The van der Waals surface area contributed by atoms with Crippen molar-refractivity contribution in [2.24, 2.45) is 7.05 Å². The number of Topliss-reactive ketones (excluding diaryl/α,β-unsaturated/α-hetero) is 1. The maximum Gasteiger partial charge on any atom is 0.294 e. The molecule has 2 aromatic rings. The molecule has 100 valence electrons. The molecule has 0 aliphatic carbocycles. The van der Waals surface area contributed by atoms with Crippen molar-refractivity contribution in [1.82, 2.24) is 15.0 Å². The Morgan fingerprint density at radius 3 is 2.68 bits per heavy atom. The molecular weight excluding hydrogens is 246 g/mol. The Balaban J connectivity index is 2.03. The Labute approximate surface area is 110 Å². The van der Waals surface area contributed by atoms with E-state index in [0.29, 0.717) is 17.1 Å². The van der Waals surface area contributed by atoms with Crippen LogP contribution in [0.4, 0.5) is 0 Å². The Bertz CT molecular complexity index is 605. The highest BCUT2D eigenvalue weighted by Crippen LogP contribution is 2.11. The van der Waals surface area contributed by atoms with Crippen LogP contribution in [0, 0.1) is 13.8 Å². The molecule has 2 aromatic heterocycles. The molecule has 6 nitrogen and oxygen atoms in total. The van der Waals surface area contributed by atoms with Crippen molar-refractivity contribution in [3.63, 3.8) is 0 Å². The second-order valence-electron chi connectivity index (χ2n) is 4.32. The van der Waals surface area contributed by atoms with Crippen molar-refractivity contribution in [2.75, 3.05) is 0 Å². The highest BCUT2D eigenvalue weighted by Gasteiger charge is 2.19. The number of aromatic nitrogens is 2. The first-order chi connectivity index (χ1) is 9.00. The van der Waals surface area contributed by atoms with Crippen molar-refractivity contribution in [3.05, 3.63) is 41.0 Å². The van der Waals surface area contributed by atoms with Gasteiger partial charge in [0.2, 0.25) is 0 Å². The topological polar surface area (TPSA) is 77.1 Å². The number of nitrogens with one attached hydrogen (secondary N) is 1. The van der Waals surface area contributed by atoms with Crippen LogP contribution in [0.15, 0.2) is 22.9 Å². The lowest BCUT2D eigenvalue weighted by Crippen LogP contribution is -2.31. The molecule has 0 atom stereocenters. The molecule has 0 saturated heterocycles. The minimum atomic E-state index is -0.637. The molecule has 19 heavy (non-hydrogen) atoms. The van der Waals surface area contributed by atoms with E-state index in [-0.39, 0.29) is 6.54 Å². The number of amides is 1. The van der Waals surface area contributed by atoms with Crippen LogP contribution in [0.5, 0.6) is 0 Å². The average Bonchev–Trinajstić information content (AvgIpc) is 2.93. The predicted molar refractivity (Wildman–Crippen MR) is 67.6 cm³/mol. The summed E-state index contributed by atoms with van der Waals surface area (Å²) in [5, 5.41) is 6.37. The van der Waals surface area contributed by atoms with Crippen LogP contribution in [0.2, 0.25) is 0 Å². The maximum absolute atomic E-state index is 11.9. The van der Waals surface area contributed by atoms with Crippen LogP contribution in [-0.2, 0) is 18.4 Å². The summed E-state index contributed by atoms with van der Waals surface area (Å²) >= 11 is 0. The van der Waals surface area contributed by atoms with Crippen molar-refractivity contribution in [3.8, 4) is 0 Å². The van der Waals surface area contributed by atoms with Crippen LogP contribution < -0.4 is 5.32 Å². The summed E-state index contributed by atoms with van der Waals surface area (Å²) in [5.41, 5.74) is 1.87. The lowest BCUT2D eigenvalue weighted by atomic mass is 10.2. The maximum atomic E-state index is 11.9. The Kier molecular flexibility index (Phi) is 3.50. The second-order valence-corrected chi connectivity index (χ2v) is 4.32. The van der Waals surface area contributed by atoms with Crippen LogP contribution in [0.25, 0.3) is 0 Å². The van der Waals surface area contributed by atoms with Gasteiger partial charge >= 0.3 is 0 Å². The molecule has 2 rings (SSSR count). The van der Waals surface area contributed by atoms with Gasteiger partial charge in [-0.25, -0.2) is 0 Å². The highest BCUT2D eigenvalue weighted by atomic mass is 16.5. The van der Waals surface area contributed by atoms with Gasteiger partial charge < -0.3 is 14.4 Å². The van der Waals surface area contributed by atoms with E-state index in [1.165, 1.54) is 0 Å². The fraction of sp³-hybridized carbons (Fsp3) is 0.308. The molecule has 0 aromatic carbocycles. The molecule has 2 heterocycles. The summed E-state index contributed by atoms with van der Waals surface area (Å²) < 4.78 is 6.60. The van der Waals surface area contributed by atoms with E-state index >= 15 is 0 Å². The van der Waals surface area contributed by atoms with E-state index in [0.717, 1.165) is 5.56 Å². The minimum absolute atomic E-state index is 0.232. The van der Waals surface area contributed by atoms with Gasteiger partial charge in [-0.3, -0.25) is 9.59 Å². The van der Waals surface area contributed by atoms with Crippen LogP contribution >= 0.6 is 0 Å². The summed E-state index contributed by atoms with van der Waals surface area (Å²) in [6.07, 6.45) is 1.72. The first-order valence-electron chi connectivity index (χ1n) is 5.86. The molecule has 1 amide bonds. The molecule has 0 fully saturated rings. The predicted octanol–water partition coefficient (Wildman–Crippen LogP) is 1.13. The van der Waals surface area contributed by atoms with Crippen molar-refractivity contribution in [2.45, 2.75) is 20.4 Å². The van der Waals surface area contributed by atoms with E-state index in [9.17, 15) is 9.59 Å². The third kappa shape index (κ3) is 2.57. The summed E-state index contributed by atoms with van der Waals surface area (Å²) in [6, 6.07) is 3.33. The van der Waals surface area contributed by atoms with Gasteiger partial charge in [0.1, 0.15) is 5.76 Å². The monoisotopic (exact) mass is 261 g/mol. The number of hydrogen-bond acceptors (Lipinski definition) is 4. The van der Waals surface area contributed by atoms with E-state index in [1.807, 2.05) is 0 Å². The Hall–Kier alpha value is -2.37. The molecular formula is C13H15N3O3. The fourth-order valence-corrected chi connectivity index (χ4v) is 1.82. The third-order valence-electron chi connectivity index (χ3n) is 2.99. The lowest BCUT2D eigenvalue weighted by Gasteiger charge is -2.05. The van der Waals surface area contributed by atoms with E-state index in [1.54, 1.807) is 43.8 Å². The molecule has 0 aliphatic rings. The molecule has 0 radical (unpaired) electrons. The van der Waals surface area contributed by atoms with Crippen LogP contribution in [0.3, 0.4) is 0 Å². The normalized spacial score (nSPS) is 10.5. The van der Waals surface area contributed by atoms with E-state index in [2.05, 4.69) is 10.5 Å². The van der Waals surface area contributed by atoms with Gasteiger partial charge in [0, 0.05) is 25.4 Å². The minimum Gasteiger partial charge on any atom is -0.361 e. The van der Waals surface area contributed by atoms with E-state index in [4.69, 9.17) is 4.52 Å². The average molecular weight is 261 g/mol. The van der Waals surface area contributed by atoms with Gasteiger partial charge in [-0.05, 0) is 26.0 Å². The number of nitrogens with zero attached hydrogens (tertiary/aromatic N) is 2. The number of carbonyl (C=O) groups is 2. The Morgan fingerprint density at radius 1 is 1.42 bits per heavy atom. The molecule has 0 aliphatic heterocycles. The molecule has 0 bridgehead atoms.